The van der Waals surface area contributed by atoms with Crippen molar-refractivity contribution in [3.63, 3.8) is 0 Å². The van der Waals surface area contributed by atoms with Gasteiger partial charge in [-0.2, -0.15) is 0 Å². The number of benzene rings is 1. The van der Waals surface area contributed by atoms with Crippen LogP contribution >= 0.6 is 22.9 Å². The number of hydrogen-bond acceptors (Lipinski definition) is 3. The first-order valence-corrected chi connectivity index (χ1v) is 7.07. The second-order valence-electron chi connectivity index (χ2n) is 4.28. The van der Waals surface area contributed by atoms with E-state index in [4.69, 9.17) is 17.3 Å². The van der Waals surface area contributed by atoms with Crippen LogP contribution in [0.5, 0.6) is 0 Å². The summed E-state index contributed by atoms with van der Waals surface area (Å²) in [4.78, 5) is 0.787. The van der Waals surface area contributed by atoms with Gasteiger partial charge in [0.15, 0.2) is 0 Å². The Hall–Kier alpha value is -0.870. The van der Waals surface area contributed by atoms with E-state index in [0.717, 1.165) is 16.0 Å². The maximum absolute atomic E-state index is 10.5. The fraction of sp³-hybridized carbons (Fsp3) is 0.286. The molecule has 2 unspecified atom stereocenters. The third-order valence-electron chi connectivity index (χ3n) is 3.14. The highest BCUT2D eigenvalue weighted by Gasteiger charge is 2.25. The Morgan fingerprint density at radius 1 is 1.33 bits per heavy atom. The molecule has 1 aromatic carbocycles. The van der Waals surface area contributed by atoms with Gasteiger partial charge in [-0.1, -0.05) is 35.9 Å². The molecular weight excluding hydrogens is 266 g/mol. The van der Waals surface area contributed by atoms with Gasteiger partial charge < -0.3 is 10.8 Å². The van der Waals surface area contributed by atoms with Crippen molar-refractivity contribution in [1.29, 1.82) is 0 Å². The normalized spacial score (nSPS) is 14.4. The molecule has 96 valence electrons. The van der Waals surface area contributed by atoms with Crippen molar-refractivity contribution < 1.29 is 5.11 Å². The molecule has 0 fully saturated rings. The average molecular weight is 282 g/mol. The maximum Gasteiger partial charge on any atom is 0.0977 e. The molecule has 0 bridgehead atoms. The minimum Gasteiger partial charge on any atom is -0.387 e. The van der Waals surface area contributed by atoms with Crippen molar-refractivity contribution in [3.05, 3.63) is 56.7 Å². The minimum absolute atomic E-state index is 0.123. The lowest BCUT2D eigenvalue weighted by Gasteiger charge is -2.23. The number of aliphatic hydroxyl groups excluding tert-OH is 1. The number of hydrogen-bond donors (Lipinski definition) is 2. The van der Waals surface area contributed by atoms with Gasteiger partial charge in [0, 0.05) is 12.5 Å². The third kappa shape index (κ3) is 2.59. The predicted molar refractivity (Wildman–Crippen MR) is 77.3 cm³/mol. The molecule has 0 aliphatic heterocycles. The van der Waals surface area contributed by atoms with Crippen LogP contribution in [0.25, 0.3) is 0 Å². The molecule has 1 aromatic heterocycles. The molecule has 0 saturated heterocycles. The Kier molecular flexibility index (Phi) is 4.40. The second-order valence-corrected chi connectivity index (χ2v) is 5.63. The summed E-state index contributed by atoms with van der Waals surface area (Å²) in [6, 6.07) is 9.79. The molecule has 2 nitrogen and oxygen atoms in total. The summed E-state index contributed by atoms with van der Waals surface area (Å²) in [6.07, 6.45) is -0.649. The molecule has 0 aliphatic carbocycles. The van der Waals surface area contributed by atoms with Crippen LogP contribution in [-0.2, 0) is 0 Å². The lowest BCUT2D eigenvalue weighted by molar-refractivity contribution is 0.151. The zero-order valence-electron chi connectivity index (χ0n) is 10.1. The number of aryl methyl sites for hydroxylation is 1. The van der Waals surface area contributed by atoms with E-state index in [9.17, 15) is 5.11 Å². The summed E-state index contributed by atoms with van der Waals surface area (Å²) >= 11 is 7.54. The van der Waals surface area contributed by atoms with Crippen LogP contribution in [0.3, 0.4) is 0 Å². The Bertz CT molecular complexity index is 526. The summed E-state index contributed by atoms with van der Waals surface area (Å²) in [5.74, 6) is -0.123. The molecule has 1 heterocycles. The van der Waals surface area contributed by atoms with E-state index in [1.807, 2.05) is 36.6 Å². The second kappa shape index (κ2) is 5.85. The molecule has 4 heteroatoms. The number of thiophene rings is 1. The van der Waals surface area contributed by atoms with Gasteiger partial charge >= 0.3 is 0 Å². The molecule has 2 atom stereocenters. The van der Waals surface area contributed by atoms with Gasteiger partial charge in [0.1, 0.15) is 0 Å². The molecule has 2 aromatic rings. The number of halogens is 1. The van der Waals surface area contributed by atoms with E-state index < -0.39 is 6.10 Å². The molecule has 0 saturated carbocycles. The fourth-order valence-corrected chi connectivity index (χ4v) is 3.35. The summed E-state index contributed by atoms with van der Waals surface area (Å²) in [5.41, 5.74) is 8.05. The van der Waals surface area contributed by atoms with Crippen molar-refractivity contribution in [1.82, 2.24) is 0 Å². The molecular formula is C14H16ClNOS. The standard InChI is InChI=1S/C14H16ClNOS/c1-9-4-2-3-5-10(9)11(8-16)13(17)14-12(15)6-7-18-14/h2-7,11,13,17H,8,16H2,1H3. The fourth-order valence-electron chi connectivity index (χ4n) is 2.13. The first kappa shape index (κ1) is 13.6. The van der Waals surface area contributed by atoms with Crippen LogP contribution in [0.1, 0.15) is 28.0 Å². The summed E-state index contributed by atoms with van der Waals surface area (Å²) in [5, 5.41) is 13.0. The van der Waals surface area contributed by atoms with E-state index >= 15 is 0 Å². The minimum atomic E-state index is -0.649. The smallest absolute Gasteiger partial charge is 0.0977 e. The Morgan fingerprint density at radius 3 is 2.61 bits per heavy atom. The SMILES string of the molecule is Cc1ccccc1C(CN)C(O)c1sccc1Cl. The maximum atomic E-state index is 10.5. The zero-order chi connectivity index (χ0) is 13.1. The van der Waals surface area contributed by atoms with Gasteiger partial charge in [0.05, 0.1) is 16.0 Å². The number of nitrogens with two attached hydrogens (primary N) is 1. The van der Waals surface area contributed by atoms with Gasteiger partial charge in [-0.15, -0.1) is 11.3 Å². The van der Waals surface area contributed by atoms with Crippen LogP contribution in [0, 0.1) is 6.92 Å². The van der Waals surface area contributed by atoms with Crippen LogP contribution in [0.15, 0.2) is 35.7 Å². The lowest BCUT2D eigenvalue weighted by atomic mass is 9.89. The van der Waals surface area contributed by atoms with Crippen LogP contribution in [-0.4, -0.2) is 11.7 Å². The van der Waals surface area contributed by atoms with E-state index in [1.165, 1.54) is 11.3 Å². The summed E-state index contributed by atoms with van der Waals surface area (Å²) < 4.78 is 0. The lowest BCUT2D eigenvalue weighted by Crippen LogP contribution is -2.20. The molecule has 18 heavy (non-hydrogen) atoms. The molecule has 0 amide bonds. The number of rotatable bonds is 4. The Balaban J connectivity index is 2.35. The van der Waals surface area contributed by atoms with E-state index in [-0.39, 0.29) is 5.92 Å². The monoisotopic (exact) mass is 281 g/mol. The molecule has 0 aliphatic rings. The Labute approximate surface area is 116 Å². The van der Waals surface area contributed by atoms with Crippen molar-refractivity contribution >= 4 is 22.9 Å². The Morgan fingerprint density at radius 2 is 2.06 bits per heavy atom. The number of aliphatic hydroxyl groups is 1. The molecule has 3 N–H and O–H groups in total. The average Bonchev–Trinajstić information content (AvgIpc) is 2.78. The van der Waals surface area contributed by atoms with Gasteiger partial charge in [-0.05, 0) is 29.5 Å². The summed E-state index contributed by atoms with van der Waals surface area (Å²) in [7, 11) is 0. The largest absolute Gasteiger partial charge is 0.387 e. The van der Waals surface area contributed by atoms with Crippen molar-refractivity contribution in [2.24, 2.45) is 5.73 Å². The highest BCUT2D eigenvalue weighted by Crippen LogP contribution is 2.37. The molecule has 0 radical (unpaired) electrons. The van der Waals surface area contributed by atoms with Gasteiger partial charge in [0.25, 0.3) is 0 Å². The highest BCUT2D eigenvalue weighted by molar-refractivity contribution is 7.10. The third-order valence-corrected chi connectivity index (χ3v) is 4.57. The van der Waals surface area contributed by atoms with Gasteiger partial charge in [-0.3, -0.25) is 0 Å². The van der Waals surface area contributed by atoms with Gasteiger partial charge in [-0.25, -0.2) is 0 Å². The first-order valence-electron chi connectivity index (χ1n) is 5.81. The van der Waals surface area contributed by atoms with E-state index in [0.29, 0.717) is 11.6 Å². The van der Waals surface area contributed by atoms with E-state index in [1.54, 1.807) is 6.07 Å². The first-order chi connectivity index (χ1) is 8.65. The topological polar surface area (TPSA) is 46.2 Å². The van der Waals surface area contributed by atoms with E-state index in [2.05, 4.69) is 0 Å². The zero-order valence-corrected chi connectivity index (χ0v) is 11.7. The van der Waals surface area contributed by atoms with Crippen molar-refractivity contribution in [2.75, 3.05) is 6.54 Å². The van der Waals surface area contributed by atoms with Crippen LogP contribution < -0.4 is 5.73 Å². The molecule has 2 rings (SSSR count). The van der Waals surface area contributed by atoms with Crippen molar-refractivity contribution in [3.8, 4) is 0 Å². The quantitative estimate of drug-likeness (QED) is 0.901. The van der Waals surface area contributed by atoms with Crippen molar-refractivity contribution in [2.45, 2.75) is 18.9 Å². The molecule has 0 spiro atoms. The van der Waals surface area contributed by atoms with Crippen LogP contribution in [0.2, 0.25) is 5.02 Å². The van der Waals surface area contributed by atoms with Crippen LogP contribution in [0.4, 0.5) is 0 Å². The highest BCUT2D eigenvalue weighted by atomic mass is 35.5. The summed E-state index contributed by atoms with van der Waals surface area (Å²) in [6.45, 7) is 2.42. The predicted octanol–water partition coefficient (Wildman–Crippen LogP) is 3.49. The van der Waals surface area contributed by atoms with Gasteiger partial charge in [0.2, 0.25) is 0 Å².